The summed E-state index contributed by atoms with van der Waals surface area (Å²) in [6.45, 7) is 0. The lowest BCUT2D eigenvalue weighted by molar-refractivity contribution is 1.11. The summed E-state index contributed by atoms with van der Waals surface area (Å²) in [5.41, 5.74) is 6.24. The Morgan fingerprint density at radius 3 is 1.25 bits per heavy atom. The van der Waals surface area contributed by atoms with Crippen molar-refractivity contribution in [3.63, 3.8) is 0 Å². The average molecular weight is 659 g/mol. The summed E-state index contributed by atoms with van der Waals surface area (Å²) in [5, 5.41) is 5.85. The van der Waals surface area contributed by atoms with Crippen molar-refractivity contribution in [1.82, 2.24) is 13.7 Å². The van der Waals surface area contributed by atoms with Gasteiger partial charge in [-0.25, -0.2) is 0 Å². The molecule has 0 aliphatic heterocycles. The SMILES string of the molecule is [2H]c1c([2H])c([2H])c(-c2c([2H])c([2H])c([2H])c([2H])c2-n2c3ccccc3c3cccc(-n4c5ccccc5c5cccc(-n6c7ccccc7c7ccccc76)c54)c32)c([2H])c1[2H]. The van der Waals surface area contributed by atoms with E-state index in [0.717, 1.165) is 60.1 Å². The number of hydrogen-bond acceptors (Lipinski definition) is 0. The summed E-state index contributed by atoms with van der Waals surface area (Å²) in [6.07, 6.45) is 0. The van der Waals surface area contributed by atoms with Crippen LogP contribution >= 0.6 is 0 Å². The first-order chi connectivity index (χ1) is 29.1. The van der Waals surface area contributed by atoms with E-state index in [0.29, 0.717) is 16.7 Å². The monoisotopic (exact) mass is 658 g/mol. The van der Waals surface area contributed by atoms with Gasteiger partial charge in [0.1, 0.15) is 0 Å². The van der Waals surface area contributed by atoms with Crippen molar-refractivity contribution in [2.45, 2.75) is 0 Å². The molecule has 8 aromatic carbocycles. The zero-order valence-electron chi connectivity index (χ0n) is 36.0. The van der Waals surface area contributed by atoms with E-state index in [1.165, 1.54) is 0 Å². The Bertz CT molecular complexity index is 3590. The number of fused-ring (bicyclic) bond motifs is 9. The van der Waals surface area contributed by atoms with E-state index in [-0.39, 0.29) is 16.8 Å². The van der Waals surface area contributed by atoms with Gasteiger partial charge in [-0.15, -0.1) is 0 Å². The van der Waals surface area contributed by atoms with Gasteiger partial charge in [-0.3, -0.25) is 0 Å². The molecule has 11 rings (SSSR count). The zero-order valence-corrected chi connectivity index (χ0v) is 27.0. The fourth-order valence-electron chi connectivity index (χ4n) is 8.06. The lowest BCUT2D eigenvalue weighted by atomic mass is 10.0. The first-order valence-corrected chi connectivity index (χ1v) is 16.8. The van der Waals surface area contributed by atoms with E-state index in [9.17, 15) is 2.74 Å². The lowest BCUT2D eigenvalue weighted by Crippen LogP contribution is -2.04. The molecule has 3 heterocycles. The van der Waals surface area contributed by atoms with Crippen molar-refractivity contribution in [3.8, 4) is 28.2 Å². The van der Waals surface area contributed by atoms with E-state index in [1.54, 1.807) is 4.57 Å². The van der Waals surface area contributed by atoms with Gasteiger partial charge in [-0.1, -0.05) is 145 Å². The number of nitrogens with zero attached hydrogens (tertiary/aromatic N) is 3. The Labute approximate surface area is 307 Å². The molecule has 0 N–H and O–H groups in total. The third kappa shape index (κ3) is 3.94. The third-order valence-corrected chi connectivity index (χ3v) is 10.1. The molecule has 0 spiro atoms. The molecule has 3 aromatic heterocycles. The predicted molar refractivity (Wildman–Crippen MR) is 215 cm³/mol. The van der Waals surface area contributed by atoms with Crippen molar-refractivity contribution in [3.05, 3.63) is 188 Å². The standard InChI is InChI=1S/C48H31N3/c1-2-16-32(17-3-1)33-18-4-9-25-40(33)50-43-28-12-7-21-36(43)39-24-15-31-46(48(39)50)51-44-29-13-8-22-37(44)38-23-14-30-45(47(38)51)49-41-26-10-5-19-34(41)35-20-6-11-27-42(35)49/h1-31H/i1D,2D,3D,4D,9D,16D,17D,18D,25D. The Balaban J connectivity index is 1.36. The van der Waals surface area contributed by atoms with E-state index in [1.807, 2.05) is 78.9 Å². The molecule has 0 aliphatic carbocycles. The van der Waals surface area contributed by atoms with Gasteiger partial charge in [0, 0.05) is 37.9 Å². The fourth-order valence-corrected chi connectivity index (χ4v) is 8.06. The summed E-state index contributed by atoms with van der Waals surface area (Å²) in [6, 6.07) is 39.8. The number of aromatic nitrogens is 3. The van der Waals surface area contributed by atoms with Crippen LogP contribution in [0.2, 0.25) is 0 Å². The summed E-state index contributed by atoms with van der Waals surface area (Å²) in [5.74, 6) is 0. The maximum atomic E-state index is 9.55. The molecule has 0 aliphatic rings. The Hall–Kier alpha value is -6.84. The molecule has 51 heavy (non-hydrogen) atoms. The van der Waals surface area contributed by atoms with Crippen molar-refractivity contribution >= 4 is 65.4 Å². The normalized spacial score (nSPS) is 14.4. The van der Waals surface area contributed by atoms with Gasteiger partial charge >= 0.3 is 0 Å². The Morgan fingerprint density at radius 2 is 0.706 bits per heavy atom. The van der Waals surface area contributed by atoms with Crippen LogP contribution in [0.1, 0.15) is 12.3 Å². The molecule has 11 aromatic rings. The first-order valence-electron chi connectivity index (χ1n) is 21.3. The van der Waals surface area contributed by atoms with E-state index in [4.69, 9.17) is 9.60 Å². The minimum absolute atomic E-state index is 0.0263. The summed E-state index contributed by atoms with van der Waals surface area (Å²) >= 11 is 0. The molecule has 0 bridgehead atoms. The number of benzene rings is 8. The van der Waals surface area contributed by atoms with Gasteiger partial charge in [-0.05, 0) is 48.0 Å². The van der Waals surface area contributed by atoms with E-state index in [2.05, 4.69) is 63.7 Å². The second-order valence-corrected chi connectivity index (χ2v) is 12.6. The largest absolute Gasteiger partial charge is 0.307 e. The highest BCUT2D eigenvalue weighted by molar-refractivity contribution is 6.18. The van der Waals surface area contributed by atoms with Gasteiger partial charge in [0.25, 0.3) is 0 Å². The predicted octanol–water partition coefficient (Wildman–Crippen LogP) is 12.6. The average Bonchev–Trinajstić information content (AvgIpc) is 3.92. The van der Waals surface area contributed by atoms with E-state index < -0.39 is 54.4 Å². The van der Waals surface area contributed by atoms with Crippen LogP contribution < -0.4 is 0 Å². The Kier molecular flexibility index (Phi) is 4.38. The van der Waals surface area contributed by atoms with Crippen LogP contribution in [0.5, 0.6) is 0 Å². The molecular formula is C48H31N3. The molecule has 0 amide bonds. The zero-order chi connectivity index (χ0) is 41.3. The maximum absolute atomic E-state index is 9.55. The lowest BCUT2D eigenvalue weighted by Gasteiger charge is -2.18. The van der Waals surface area contributed by atoms with Crippen LogP contribution in [0.15, 0.2) is 188 Å². The summed E-state index contributed by atoms with van der Waals surface area (Å²) in [7, 11) is 0. The number of rotatable bonds is 4. The number of hydrogen-bond donors (Lipinski definition) is 0. The van der Waals surface area contributed by atoms with Gasteiger partial charge < -0.3 is 13.7 Å². The second kappa shape index (κ2) is 10.8. The molecule has 0 saturated carbocycles. The second-order valence-electron chi connectivity index (χ2n) is 12.6. The van der Waals surface area contributed by atoms with Crippen LogP contribution in [0.3, 0.4) is 0 Å². The smallest absolute Gasteiger partial charge is 0.0783 e. The quantitative estimate of drug-likeness (QED) is 0.179. The Morgan fingerprint density at radius 1 is 0.314 bits per heavy atom. The summed E-state index contributed by atoms with van der Waals surface area (Å²) in [4.78, 5) is 0. The summed E-state index contributed by atoms with van der Waals surface area (Å²) < 4.78 is 86.4. The van der Waals surface area contributed by atoms with E-state index >= 15 is 0 Å². The molecule has 0 unspecified atom stereocenters. The highest BCUT2D eigenvalue weighted by Gasteiger charge is 2.23. The van der Waals surface area contributed by atoms with Crippen LogP contribution in [0.4, 0.5) is 0 Å². The van der Waals surface area contributed by atoms with Crippen molar-refractivity contribution in [1.29, 1.82) is 0 Å². The molecule has 3 heteroatoms. The maximum Gasteiger partial charge on any atom is 0.0783 e. The molecule has 0 atom stereocenters. The molecule has 238 valence electrons. The number of para-hydroxylation sites is 7. The van der Waals surface area contributed by atoms with Gasteiger partial charge in [0.2, 0.25) is 0 Å². The minimum atomic E-state index is -0.602. The highest BCUT2D eigenvalue weighted by Crippen LogP contribution is 2.43. The molecule has 0 radical (unpaired) electrons. The minimum Gasteiger partial charge on any atom is -0.307 e. The molecule has 0 fully saturated rings. The highest BCUT2D eigenvalue weighted by atomic mass is 15.1. The van der Waals surface area contributed by atoms with Crippen LogP contribution in [-0.2, 0) is 0 Å². The van der Waals surface area contributed by atoms with Crippen LogP contribution in [-0.4, -0.2) is 13.7 Å². The van der Waals surface area contributed by atoms with Gasteiger partial charge in [-0.2, -0.15) is 0 Å². The van der Waals surface area contributed by atoms with Gasteiger partial charge in [0.05, 0.1) is 62.5 Å². The van der Waals surface area contributed by atoms with Crippen molar-refractivity contribution in [2.75, 3.05) is 0 Å². The van der Waals surface area contributed by atoms with Crippen LogP contribution in [0.25, 0.3) is 93.6 Å². The topological polar surface area (TPSA) is 14.8 Å². The molecule has 0 saturated heterocycles. The van der Waals surface area contributed by atoms with Crippen molar-refractivity contribution in [2.24, 2.45) is 0 Å². The van der Waals surface area contributed by atoms with Gasteiger partial charge in [0.15, 0.2) is 0 Å². The molecule has 3 nitrogen and oxygen atoms in total. The fraction of sp³-hybridized carbons (Fsp3) is 0. The van der Waals surface area contributed by atoms with Crippen LogP contribution in [0, 0.1) is 0 Å². The third-order valence-electron chi connectivity index (χ3n) is 10.1. The van der Waals surface area contributed by atoms with Crippen molar-refractivity contribution < 1.29 is 12.3 Å². The first kappa shape index (κ1) is 20.6. The molecular weight excluding hydrogens is 619 g/mol.